The van der Waals surface area contributed by atoms with Crippen LogP contribution in [0.3, 0.4) is 0 Å². The summed E-state index contributed by atoms with van der Waals surface area (Å²) in [6.07, 6.45) is 3.87. The molecule has 3 aromatic heterocycles. The molecule has 0 saturated heterocycles. The Morgan fingerprint density at radius 1 is 1.29 bits per heavy atom. The van der Waals surface area contributed by atoms with Crippen LogP contribution in [0.1, 0.15) is 29.0 Å². The first-order valence-corrected chi connectivity index (χ1v) is 8.91. The average Bonchev–Trinajstić information content (AvgIpc) is 3.45. The van der Waals surface area contributed by atoms with E-state index < -0.39 is 5.97 Å². The Labute approximate surface area is 160 Å². The van der Waals surface area contributed by atoms with Crippen LogP contribution in [0, 0.1) is 12.8 Å². The van der Waals surface area contributed by atoms with Crippen molar-refractivity contribution >= 4 is 29.0 Å². The van der Waals surface area contributed by atoms with Gasteiger partial charge in [0, 0.05) is 12.6 Å². The highest BCUT2D eigenvalue weighted by Gasteiger charge is 2.21. The number of hydrogen-bond acceptors (Lipinski definition) is 7. The number of nitrogens with zero attached hydrogens (tertiary/aromatic N) is 3. The number of pyridine rings is 1. The Hall–Kier alpha value is -3.49. The summed E-state index contributed by atoms with van der Waals surface area (Å²) >= 11 is 0. The predicted octanol–water partition coefficient (Wildman–Crippen LogP) is 2.91. The minimum absolute atomic E-state index is 0.299. The number of carbonyl (C=O) groups is 2. The lowest BCUT2D eigenvalue weighted by Gasteiger charge is -2.07. The number of methoxy groups -OCH3 is 1. The van der Waals surface area contributed by atoms with E-state index in [-0.39, 0.29) is 6.03 Å². The number of fused-ring (bicyclic) bond motifs is 1. The van der Waals surface area contributed by atoms with Gasteiger partial charge in [0.2, 0.25) is 0 Å². The van der Waals surface area contributed by atoms with Crippen LogP contribution in [0.4, 0.5) is 10.6 Å². The van der Waals surface area contributed by atoms with Crippen molar-refractivity contribution in [1.29, 1.82) is 0 Å². The van der Waals surface area contributed by atoms with E-state index in [1.165, 1.54) is 7.11 Å². The molecule has 0 spiro atoms. The van der Waals surface area contributed by atoms with Gasteiger partial charge in [-0.25, -0.2) is 19.6 Å². The van der Waals surface area contributed by atoms with Gasteiger partial charge in [-0.2, -0.15) is 0 Å². The number of carbonyl (C=O) groups excluding carboxylic acids is 2. The molecule has 0 radical (unpaired) electrons. The van der Waals surface area contributed by atoms with Crippen LogP contribution in [-0.2, 0) is 4.74 Å². The molecule has 1 aliphatic rings. The molecular weight excluding hydrogens is 362 g/mol. The number of aryl methyl sites for hydroxylation is 1. The SMILES string of the molecule is COC(=O)c1cc(-c2cnc3ccc(NC(=O)NCC4CC4)nc3n2)oc1C. The van der Waals surface area contributed by atoms with Crippen molar-refractivity contribution in [2.45, 2.75) is 19.8 Å². The monoisotopic (exact) mass is 381 g/mol. The lowest BCUT2D eigenvalue weighted by molar-refractivity contribution is 0.0598. The quantitative estimate of drug-likeness (QED) is 0.652. The third kappa shape index (κ3) is 3.78. The van der Waals surface area contributed by atoms with E-state index in [1.807, 2.05) is 0 Å². The second-order valence-corrected chi connectivity index (χ2v) is 6.64. The van der Waals surface area contributed by atoms with Crippen LogP contribution >= 0.6 is 0 Å². The maximum absolute atomic E-state index is 11.9. The number of hydrogen-bond donors (Lipinski definition) is 2. The zero-order valence-electron chi connectivity index (χ0n) is 15.5. The van der Waals surface area contributed by atoms with Crippen LogP contribution in [0.5, 0.6) is 0 Å². The molecule has 0 aliphatic heterocycles. The smallest absolute Gasteiger partial charge is 0.341 e. The molecule has 3 aromatic rings. The van der Waals surface area contributed by atoms with Crippen molar-refractivity contribution in [3.05, 3.63) is 35.7 Å². The molecule has 4 rings (SSSR count). The van der Waals surface area contributed by atoms with Gasteiger partial charge >= 0.3 is 12.0 Å². The zero-order chi connectivity index (χ0) is 19.7. The van der Waals surface area contributed by atoms with Crippen molar-refractivity contribution in [3.63, 3.8) is 0 Å². The summed E-state index contributed by atoms with van der Waals surface area (Å²) in [6.45, 7) is 2.34. The fraction of sp³-hybridized carbons (Fsp3) is 0.316. The Kier molecular flexibility index (Phi) is 4.64. The van der Waals surface area contributed by atoms with Crippen LogP contribution in [0.2, 0.25) is 0 Å². The number of esters is 1. The number of nitrogens with one attached hydrogen (secondary N) is 2. The molecule has 1 fully saturated rings. The van der Waals surface area contributed by atoms with E-state index in [0.29, 0.717) is 52.2 Å². The van der Waals surface area contributed by atoms with Crippen molar-refractivity contribution in [3.8, 4) is 11.5 Å². The summed E-state index contributed by atoms with van der Waals surface area (Å²) in [7, 11) is 1.31. The van der Waals surface area contributed by atoms with Crippen LogP contribution in [-0.4, -0.2) is 40.6 Å². The molecule has 0 bridgehead atoms. The highest BCUT2D eigenvalue weighted by Crippen LogP contribution is 2.27. The maximum atomic E-state index is 11.9. The summed E-state index contributed by atoms with van der Waals surface area (Å²) in [6, 6.07) is 4.65. The van der Waals surface area contributed by atoms with Gasteiger partial charge in [-0.3, -0.25) is 10.3 Å². The van der Waals surface area contributed by atoms with Gasteiger partial charge in [-0.05, 0) is 37.8 Å². The number of anilines is 1. The molecular formula is C19H19N5O4. The maximum Gasteiger partial charge on any atom is 0.341 e. The Morgan fingerprint density at radius 2 is 2.11 bits per heavy atom. The highest BCUT2D eigenvalue weighted by molar-refractivity contribution is 5.92. The number of rotatable bonds is 5. The lowest BCUT2D eigenvalue weighted by Crippen LogP contribution is -2.30. The summed E-state index contributed by atoms with van der Waals surface area (Å²) in [5.74, 6) is 1.30. The van der Waals surface area contributed by atoms with Crippen molar-refractivity contribution in [2.24, 2.45) is 5.92 Å². The fourth-order valence-electron chi connectivity index (χ4n) is 2.73. The normalized spacial score (nSPS) is 13.4. The van der Waals surface area contributed by atoms with Gasteiger partial charge in [0.1, 0.15) is 28.4 Å². The van der Waals surface area contributed by atoms with E-state index in [4.69, 9.17) is 9.15 Å². The molecule has 0 unspecified atom stereocenters. The molecule has 0 atom stereocenters. The van der Waals surface area contributed by atoms with E-state index in [2.05, 4.69) is 25.6 Å². The van der Waals surface area contributed by atoms with Gasteiger partial charge < -0.3 is 14.5 Å². The minimum atomic E-state index is -0.483. The first-order valence-electron chi connectivity index (χ1n) is 8.91. The molecule has 9 heteroatoms. The summed E-state index contributed by atoms with van der Waals surface area (Å²) in [5.41, 5.74) is 1.68. The Balaban J connectivity index is 1.57. The summed E-state index contributed by atoms with van der Waals surface area (Å²) < 4.78 is 10.4. The Bertz CT molecular complexity index is 1060. The predicted molar refractivity (Wildman–Crippen MR) is 101 cm³/mol. The van der Waals surface area contributed by atoms with Crippen LogP contribution in [0.25, 0.3) is 22.6 Å². The van der Waals surface area contributed by atoms with E-state index in [1.54, 1.807) is 31.3 Å². The van der Waals surface area contributed by atoms with Gasteiger partial charge in [-0.1, -0.05) is 0 Å². The molecule has 2 amide bonds. The number of furan rings is 1. The third-order valence-corrected chi connectivity index (χ3v) is 4.47. The molecule has 144 valence electrons. The molecule has 2 N–H and O–H groups in total. The van der Waals surface area contributed by atoms with Crippen molar-refractivity contribution in [2.75, 3.05) is 19.0 Å². The van der Waals surface area contributed by atoms with E-state index in [0.717, 1.165) is 12.8 Å². The van der Waals surface area contributed by atoms with Crippen molar-refractivity contribution in [1.82, 2.24) is 20.3 Å². The number of ether oxygens (including phenoxy) is 1. The second-order valence-electron chi connectivity index (χ2n) is 6.64. The van der Waals surface area contributed by atoms with Crippen LogP contribution < -0.4 is 10.6 Å². The highest BCUT2D eigenvalue weighted by atomic mass is 16.5. The number of aromatic nitrogens is 3. The van der Waals surface area contributed by atoms with Gasteiger partial charge in [-0.15, -0.1) is 0 Å². The van der Waals surface area contributed by atoms with Gasteiger partial charge in [0.25, 0.3) is 0 Å². The molecule has 9 nitrogen and oxygen atoms in total. The lowest BCUT2D eigenvalue weighted by atomic mass is 10.2. The third-order valence-electron chi connectivity index (χ3n) is 4.47. The van der Waals surface area contributed by atoms with Gasteiger partial charge in [0.15, 0.2) is 11.4 Å². The molecule has 1 aliphatic carbocycles. The van der Waals surface area contributed by atoms with Gasteiger partial charge in [0.05, 0.1) is 13.3 Å². The topological polar surface area (TPSA) is 119 Å². The molecule has 0 aromatic carbocycles. The number of urea groups is 1. The molecule has 1 saturated carbocycles. The van der Waals surface area contributed by atoms with Crippen LogP contribution in [0.15, 0.2) is 28.8 Å². The van der Waals surface area contributed by atoms with E-state index >= 15 is 0 Å². The number of amides is 2. The summed E-state index contributed by atoms with van der Waals surface area (Å²) in [4.78, 5) is 36.8. The second kappa shape index (κ2) is 7.26. The first-order chi connectivity index (χ1) is 13.5. The largest absolute Gasteiger partial charge is 0.465 e. The Morgan fingerprint density at radius 3 is 2.86 bits per heavy atom. The van der Waals surface area contributed by atoms with Crippen molar-refractivity contribution < 1.29 is 18.7 Å². The molecule has 28 heavy (non-hydrogen) atoms. The fourth-order valence-corrected chi connectivity index (χ4v) is 2.73. The zero-order valence-corrected chi connectivity index (χ0v) is 15.5. The minimum Gasteiger partial charge on any atom is -0.465 e. The van der Waals surface area contributed by atoms with E-state index in [9.17, 15) is 9.59 Å². The standard InChI is InChI=1S/C19H19N5O4/c1-10-12(18(25)27-2)7-15(28-10)14-9-20-13-5-6-16(23-17(13)22-14)24-19(26)21-8-11-3-4-11/h5-7,9,11H,3-4,8H2,1-2H3,(H2,21,22,23,24,26). The first kappa shape index (κ1) is 17.9. The molecule has 3 heterocycles. The summed E-state index contributed by atoms with van der Waals surface area (Å²) in [5, 5.41) is 5.52. The average molecular weight is 381 g/mol.